The van der Waals surface area contributed by atoms with Crippen LogP contribution in [0.2, 0.25) is 10.0 Å². The number of carbonyl (C=O) groups is 2. The van der Waals surface area contributed by atoms with E-state index in [9.17, 15) is 9.59 Å². The lowest BCUT2D eigenvalue weighted by Crippen LogP contribution is -2.14. The van der Waals surface area contributed by atoms with Crippen molar-refractivity contribution in [1.82, 2.24) is 9.55 Å². The molecule has 2 amide bonds. The molecule has 2 N–H and O–H groups in total. The monoisotopic (exact) mass is 450 g/mol. The second-order valence-electron chi connectivity index (χ2n) is 6.63. The Hall–Kier alpha value is -3.61. The summed E-state index contributed by atoms with van der Waals surface area (Å²) >= 11 is 12.2. The van der Waals surface area contributed by atoms with Gasteiger partial charge in [0.2, 0.25) is 0 Å². The quantitative estimate of drug-likeness (QED) is 0.410. The maximum absolute atomic E-state index is 12.6. The number of halogens is 2. The number of hydrogen-bond donors (Lipinski definition) is 2. The summed E-state index contributed by atoms with van der Waals surface area (Å²) < 4.78 is 1.84. The second kappa shape index (κ2) is 9.04. The normalized spacial score (nSPS) is 10.5. The van der Waals surface area contributed by atoms with Gasteiger partial charge < -0.3 is 15.2 Å². The Morgan fingerprint density at radius 2 is 1.61 bits per heavy atom. The number of anilines is 2. The molecule has 0 fully saturated rings. The van der Waals surface area contributed by atoms with Crippen LogP contribution in [0.5, 0.6) is 0 Å². The topological polar surface area (TPSA) is 76.0 Å². The lowest BCUT2D eigenvalue weighted by molar-refractivity contribution is 0.101. The summed E-state index contributed by atoms with van der Waals surface area (Å²) in [5.74, 6) is -0.644. The summed E-state index contributed by atoms with van der Waals surface area (Å²) in [5.41, 5.74) is 2.65. The molecule has 4 aromatic rings. The maximum atomic E-state index is 12.6. The molecule has 0 saturated heterocycles. The molecule has 0 atom stereocenters. The molecule has 0 saturated carbocycles. The molecule has 6 nitrogen and oxygen atoms in total. The fraction of sp³-hybridized carbons (Fsp3) is 0. The molecule has 0 aliphatic heterocycles. The third-order valence-electron chi connectivity index (χ3n) is 4.49. The molecular formula is C23H16Cl2N4O2. The summed E-state index contributed by atoms with van der Waals surface area (Å²) in [7, 11) is 0. The Labute approximate surface area is 188 Å². The van der Waals surface area contributed by atoms with Gasteiger partial charge in [0.15, 0.2) is 0 Å². The number of hydrogen-bond acceptors (Lipinski definition) is 3. The smallest absolute Gasteiger partial charge is 0.255 e. The van der Waals surface area contributed by atoms with E-state index in [1.54, 1.807) is 67.1 Å². The first-order chi connectivity index (χ1) is 15.0. The first-order valence-electron chi connectivity index (χ1n) is 9.26. The highest BCUT2D eigenvalue weighted by Gasteiger charge is 2.12. The minimum Gasteiger partial charge on any atom is -0.322 e. The Morgan fingerprint density at radius 1 is 0.839 bits per heavy atom. The molecular weight excluding hydrogens is 435 g/mol. The second-order valence-corrected chi connectivity index (χ2v) is 7.47. The molecule has 0 radical (unpaired) electrons. The molecule has 154 valence electrons. The maximum Gasteiger partial charge on any atom is 0.255 e. The highest BCUT2D eigenvalue weighted by molar-refractivity contribution is 6.34. The van der Waals surface area contributed by atoms with Gasteiger partial charge >= 0.3 is 0 Å². The summed E-state index contributed by atoms with van der Waals surface area (Å²) in [4.78, 5) is 29.1. The van der Waals surface area contributed by atoms with Gasteiger partial charge in [0.1, 0.15) is 0 Å². The minimum absolute atomic E-state index is 0.286. The Bertz CT molecular complexity index is 1240. The minimum atomic E-state index is -0.358. The molecule has 0 aliphatic carbocycles. The van der Waals surface area contributed by atoms with E-state index in [1.807, 2.05) is 22.9 Å². The summed E-state index contributed by atoms with van der Waals surface area (Å²) in [5, 5.41) is 6.36. The van der Waals surface area contributed by atoms with E-state index >= 15 is 0 Å². The molecule has 31 heavy (non-hydrogen) atoms. The standard InChI is InChI=1S/C23H16Cl2N4O2/c24-17-3-1-2-16(12-17)23(31)28-21-13-18(6-9-20(21)25)27-22(30)15-4-7-19(8-5-15)29-11-10-26-14-29/h1-14H,(H,27,30)(H,28,31). The zero-order valence-electron chi connectivity index (χ0n) is 16.0. The molecule has 0 spiro atoms. The summed E-state index contributed by atoms with van der Waals surface area (Å²) in [6.45, 7) is 0. The van der Waals surface area contributed by atoms with Crippen molar-refractivity contribution in [2.24, 2.45) is 0 Å². The predicted molar refractivity (Wildman–Crippen MR) is 122 cm³/mol. The number of benzene rings is 3. The molecule has 0 bridgehead atoms. The van der Waals surface area contributed by atoms with Crippen molar-refractivity contribution in [1.29, 1.82) is 0 Å². The number of carbonyl (C=O) groups excluding carboxylic acids is 2. The average molecular weight is 451 g/mol. The van der Waals surface area contributed by atoms with Crippen molar-refractivity contribution >= 4 is 46.4 Å². The Morgan fingerprint density at radius 3 is 2.32 bits per heavy atom. The molecule has 1 aromatic heterocycles. The predicted octanol–water partition coefficient (Wildman–Crippen LogP) is 5.68. The van der Waals surface area contributed by atoms with E-state index in [0.29, 0.717) is 32.5 Å². The van der Waals surface area contributed by atoms with Crippen LogP contribution in [-0.2, 0) is 0 Å². The van der Waals surface area contributed by atoms with Gasteiger partial charge in [-0.3, -0.25) is 9.59 Å². The van der Waals surface area contributed by atoms with Crippen LogP contribution >= 0.6 is 23.2 Å². The van der Waals surface area contributed by atoms with E-state index in [2.05, 4.69) is 15.6 Å². The Kier molecular flexibility index (Phi) is 6.02. The first kappa shape index (κ1) is 20.7. The van der Waals surface area contributed by atoms with Crippen LogP contribution in [0.3, 0.4) is 0 Å². The van der Waals surface area contributed by atoms with Crippen LogP contribution in [0.15, 0.2) is 85.5 Å². The highest BCUT2D eigenvalue weighted by atomic mass is 35.5. The van der Waals surface area contributed by atoms with Crippen LogP contribution in [0.4, 0.5) is 11.4 Å². The number of amides is 2. The van der Waals surface area contributed by atoms with Gasteiger partial charge in [-0.1, -0.05) is 29.3 Å². The van der Waals surface area contributed by atoms with E-state index in [4.69, 9.17) is 23.2 Å². The summed E-state index contributed by atoms with van der Waals surface area (Å²) in [6, 6.07) is 18.6. The van der Waals surface area contributed by atoms with Crippen molar-refractivity contribution in [3.05, 3.63) is 107 Å². The lowest BCUT2D eigenvalue weighted by Gasteiger charge is -2.11. The molecule has 3 aromatic carbocycles. The molecule has 8 heteroatoms. The van der Waals surface area contributed by atoms with Gasteiger partial charge in [0.05, 0.1) is 17.0 Å². The largest absolute Gasteiger partial charge is 0.322 e. The third kappa shape index (κ3) is 4.94. The number of nitrogens with zero attached hydrogens (tertiary/aromatic N) is 2. The van der Waals surface area contributed by atoms with Crippen molar-refractivity contribution in [3.63, 3.8) is 0 Å². The van der Waals surface area contributed by atoms with E-state index < -0.39 is 0 Å². The van der Waals surface area contributed by atoms with Crippen molar-refractivity contribution < 1.29 is 9.59 Å². The Balaban J connectivity index is 1.47. The van der Waals surface area contributed by atoms with E-state index in [1.165, 1.54) is 0 Å². The highest BCUT2D eigenvalue weighted by Crippen LogP contribution is 2.27. The van der Waals surface area contributed by atoms with Gasteiger partial charge in [-0.15, -0.1) is 0 Å². The van der Waals surface area contributed by atoms with Gasteiger partial charge in [0.25, 0.3) is 11.8 Å². The van der Waals surface area contributed by atoms with Gasteiger partial charge in [0, 0.05) is 39.9 Å². The van der Waals surface area contributed by atoms with Crippen LogP contribution < -0.4 is 10.6 Å². The molecule has 0 unspecified atom stereocenters. The molecule has 1 heterocycles. The number of rotatable bonds is 5. The van der Waals surface area contributed by atoms with E-state index in [-0.39, 0.29) is 11.8 Å². The first-order valence-corrected chi connectivity index (χ1v) is 10.0. The van der Waals surface area contributed by atoms with Gasteiger partial charge in [-0.25, -0.2) is 4.98 Å². The zero-order valence-corrected chi connectivity index (χ0v) is 17.6. The number of nitrogens with one attached hydrogen (secondary N) is 2. The fourth-order valence-electron chi connectivity index (χ4n) is 2.92. The van der Waals surface area contributed by atoms with Crippen LogP contribution in [0, 0.1) is 0 Å². The van der Waals surface area contributed by atoms with Crippen LogP contribution in [0.25, 0.3) is 5.69 Å². The van der Waals surface area contributed by atoms with Crippen molar-refractivity contribution in [2.45, 2.75) is 0 Å². The van der Waals surface area contributed by atoms with Gasteiger partial charge in [-0.2, -0.15) is 0 Å². The van der Waals surface area contributed by atoms with Crippen molar-refractivity contribution in [2.75, 3.05) is 10.6 Å². The fourth-order valence-corrected chi connectivity index (χ4v) is 3.28. The number of aromatic nitrogens is 2. The van der Waals surface area contributed by atoms with Crippen LogP contribution in [0.1, 0.15) is 20.7 Å². The summed E-state index contributed by atoms with van der Waals surface area (Å²) in [6.07, 6.45) is 5.19. The molecule has 4 rings (SSSR count). The van der Waals surface area contributed by atoms with E-state index in [0.717, 1.165) is 5.69 Å². The average Bonchev–Trinajstić information content (AvgIpc) is 3.31. The lowest BCUT2D eigenvalue weighted by atomic mass is 10.1. The third-order valence-corrected chi connectivity index (χ3v) is 5.06. The molecule has 0 aliphatic rings. The van der Waals surface area contributed by atoms with Crippen molar-refractivity contribution in [3.8, 4) is 5.69 Å². The van der Waals surface area contributed by atoms with Gasteiger partial charge in [-0.05, 0) is 60.7 Å². The van der Waals surface area contributed by atoms with Crippen LogP contribution in [-0.4, -0.2) is 21.4 Å². The zero-order chi connectivity index (χ0) is 21.8. The SMILES string of the molecule is O=C(Nc1ccc(Cl)c(NC(=O)c2cccc(Cl)c2)c1)c1ccc(-n2ccnc2)cc1. The number of imidazole rings is 1.